The van der Waals surface area contributed by atoms with Crippen molar-refractivity contribution < 1.29 is 4.79 Å². The Morgan fingerprint density at radius 2 is 1.91 bits per heavy atom. The number of amides is 1. The molecule has 1 amide bonds. The molecule has 1 fully saturated rings. The third kappa shape index (κ3) is 4.15. The maximum atomic E-state index is 12.8. The monoisotopic (exact) mass is 447 g/mol. The normalized spacial score (nSPS) is 13.2. The molecule has 2 aromatic heterocycles. The Balaban J connectivity index is 1.39. The number of hydrogen-bond donors (Lipinski definition) is 1. The maximum absolute atomic E-state index is 12.8. The van der Waals surface area contributed by atoms with E-state index in [4.69, 9.17) is 11.6 Å². The molecular formula is C22H18ClN7O2. The van der Waals surface area contributed by atoms with Gasteiger partial charge in [-0.2, -0.15) is 9.78 Å². The highest BCUT2D eigenvalue weighted by atomic mass is 35.5. The van der Waals surface area contributed by atoms with E-state index >= 15 is 0 Å². The fraction of sp³-hybridized carbons (Fsp3) is 0.182. The molecule has 4 aromatic rings. The van der Waals surface area contributed by atoms with Gasteiger partial charge in [-0.3, -0.25) is 9.59 Å². The number of hydrogen-bond acceptors (Lipinski definition) is 6. The molecule has 1 aliphatic rings. The fourth-order valence-corrected chi connectivity index (χ4v) is 3.55. The number of halogens is 1. The van der Waals surface area contributed by atoms with Gasteiger partial charge in [0, 0.05) is 17.7 Å². The van der Waals surface area contributed by atoms with Crippen molar-refractivity contribution in [1.82, 2.24) is 30.0 Å². The van der Waals surface area contributed by atoms with Gasteiger partial charge >= 0.3 is 0 Å². The standard InChI is InChI=1S/C22H18ClN7O2/c23-17-9-8-16(12-19(17)30-21(15-6-7-15)25-27-28-30)24-22(32)18-10-11-20(31)29(26-18)13-14-4-2-1-3-5-14/h1-5,8-12,15H,6-7,13H2,(H,24,32). The van der Waals surface area contributed by atoms with Crippen LogP contribution in [0.3, 0.4) is 0 Å². The minimum Gasteiger partial charge on any atom is -0.321 e. The van der Waals surface area contributed by atoms with E-state index in [9.17, 15) is 9.59 Å². The predicted molar refractivity (Wildman–Crippen MR) is 118 cm³/mol. The summed E-state index contributed by atoms with van der Waals surface area (Å²) in [4.78, 5) is 25.0. The molecule has 0 saturated heterocycles. The zero-order valence-electron chi connectivity index (χ0n) is 16.8. The fourth-order valence-electron chi connectivity index (χ4n) is 3.35. The lowest BCUT2D eigenvalue weighted by Gasteiger charge is -2.11. The number of benzene rings is 2. The molecule has 0 aliphatic heterocycles. The highest BCUT2D eigenvalue weighted by Gasteiger charge is 2.30. The summed E-state index contributed by atoms with van der Waals surface area (Å²) in [5.41, 5.74) is 1.84. The van der Waals surface area contributed by atoms with E-state index in [1.807, 2.05) is 30.3 Å². The zero-order valence-corrected chi connectivity index (χ0v) is 17.6. The highest BCUT2D eigenvalue weighted by molar-refractivity contribution is 6.32. The van der Waals surface area contributed by atoms with Gasteiger partial charge in [0.15, 0.2) is 5.82 Å². The first kappa shape index (κ1) is 20.1. The third-order valence-electron chi connectivity index (χ3n) is 5.14. The number of aromatic nitrogens is 6. The number of nitrogens with one attached hydrogen (secondary N) is 1. The van der Waals surface area contributed by atoms with Gasteiger partial charge in [0.05, 0.1) is 17.3 Å². The molecular weight excluding hydrogens is 430 g/mol. The number of rotatable bonds is 6. The van der Waals surface area contributed by atoms with Crippen LogP contribution in [0, 0.1) is 0 Å². The summed E-state index contributed by atoms with van der Waals surface area (Å²) in [6.45, 7) is 0.273. The van der Waals surface area contributed by atoms with Crippen LogP contribution in [0.5, 0.6) is 0 Å². The van der Waals surface area contributed by atoms with Crippen LogP contribution in [0.25, 0.3) is 5.69 Å². The number of anilines is 1. The first-order valence-corrected chi connectivity index (χ1v) is 10.5. The second-order valence-electron chi connectivity index (χ2n) is 7.54. The summed E-state index contributed by atoms with van der Waals surface area (Å²) in [5, 5.41) is 19.4. The second kappa shape index (κ2) is 8.35. The van der Waals surface area contributed by atoms with Crippen LogP contribution in [-0.4, -0.2) is 35.9 Å². The first-order chi connectivity index (χ1) is 15.6. The summed E-state index contributed by atoms with van der Waals surface area (Å²) in [7, 11) is 0. The zero-order chi connectivity index (χ0) is 22.1. The van der Waals surface area contributed by atoms with Gasteiger partial charge < -0.3 is 5.32 Å². The largest absolute Gasteiger partial charge is 0.321 e. The molecule has 0 bridgehead atoms. The van der Waals surface area contributed by atoms with Crippen LogP contribution in [-0.2, 0) is 6.54 Å². The summed E-state index contributed by atoms with van der Waals surface area (Å²) >= 11 is 6.37. The van der Waals surface area contributed by atoms with Crippen molar-refractivity contribution in [2.24, 2.45) is 0 Å². The third-order valence-corrected chi connectivity index (χ3v) is 5.46. The van der Waals surface area contributed by atoms with Gasteiger partial charge in [0.25, 0.3) is 11.5 Å². The molecule has 2 heterocycles. The molecule has 0 radical (unpaired) electrons. The van der Waals surface area contributed by atoms with Gasteiger partial charge in [-0.25, -0.2) is 4.68 Å². The Bertz CT molecular complexity index is 1350. The van der Waals surface area contributed by atoms with Crippen molar-refractivity contribution in [1.29, 1.82) is 0 Å². The molecule has 1 saturated carbocycles. The molecule has 0 spiro atoms. The van der Waals surface area contributed by atoms with E-state index < -0.39 is 5.91 Å². The van der Waals surface area contributed by atoms with Crippen molar-refractivity contribution >= 4 is 23.2 Å². The number of carbonyl (C=O) groups is 1. The summed E-state index contributed by atoms with van der Waals surface area (Å²) in [6, 6.07) is 17.3. The molecule has 0 unspecified atom stereocenters. The molecule has 1 aliphatic carbocycles. The summed E-state index contributed by atoms with van der Waals surface area (Å²) in [6.07, 6.45) is 2.08. The van der Waals surface area contributed by atoms with Gasteiger partial charge in [-0.15, -0.1) is 5.10 Å². The van der Waals surface area contributed by atoms with Crippen LogP contribution in [0.4, 0.5) is 5.69 Å². The molecule has 10 heteroatoms. The van der Waals surface area contributed by atoms with E-state index in [1.54, 1.807) is 22.9 Å². The van der Waals surface area contributed by atoms with Gasteiger partial charge in [0.1, 0.15) is 5.69 Å². The van der Waals surface area contributed by atoms with Crippen LogP contribution in [0.1, 0.15) is 40.6 Å². The van der Waals surface area contributed by atoms with Crippen molar-refractivity contribution in [3.8, 4) is 5.69 Å². The lowest BCUT2D eigenvalue weighted by Crippen LogP contribution is -2.26. The Morgan fingerprint density at radius 3 is 2.69 bits per heavy atom. The average Bonchev–Trinajstić information content (AvgIpc) is 3.53. The van der Waals surface area contributed by atoms with E-state index in [2.05, 4.69) is 25.9 Å². The lowest BCUT2D eigenvalue weighted by molar-refractivity contribution is 0.102. The molecule has 32 heavy (non-hydrogen) atoms. The Labute approximate surface area is 187 Å². The van der Waals surface area contributed by atoms with Gasteiger partial charge in [-0.1, -0.05) is 41.9 Å². The van der Waals surface area contributed by atoms with Crippen molar-refractivity contribution in [3.05, 3.63) is 93.1 Å². The molecule has 2 aromatic carbocycles. The summed E-state index contributed by atoms with van der Waals surface area (Å²) in [5.74, 6) is 0.637. The number of nitrogens with zero attached hydrogens (tertiary/aromatic N) is 6. The van der Waals surface area contributed by atoms with E-state index in [-0.39, 0.29) is 17.8 Å². The Kier molecular flexibility index (Phi) is 5.24. The SMILES string of the molecule is O=C(Nc1ccc(Cl)c(-n2nnnc2C2CC2)c1)c1ccc(=O)n(Cc2ccccc2)n1. The highest BCUT2D eigenvalue weighted by Crippen LogP contribution is 2.40. The topological polar surface area (TPSA) is 108 Å². The van der Waals surface area contributed by atoms with Gasteiger partial charge in [0.2, 0.25) is 0 Å². The van der Waals surface area contributed by atoms with Gasteiger partial charge in [-0.05, 0) is 53.1 Å². The molecule has 9 nitrogen and oxygen atoms in total. The number of carbonyl (C=O) groups excluding carboxylic acids is 1. The smallest absolute Gasteiger partial charge is 0.276 e. The maximum Gasteiger partial charge on any atom is 0.276 e. The van der Waals surface area contributed by atoms with E-state index in [1.165, 1.54) is 16.8 Å². The number of tetrazole rings is 1. The van der Waals surface area contributed by atoms with Crippen molar-refractivity contribution in [2.45, 2.75) is 25.3 Å². The van der Waals surface area contributed by atoms with E-state index in [0.717, 1.165) is 24.2 Å². The Morgan fingerprint density at radius 1 is 1.09 bits per heavy atom. The van der Waals surface area contributed by atoms with Crippen LogP contribution in [0.15, 0.2) is 65.5 Å². The first-order valence-electron chi connectivity index (χ1n) is 10.1. The molecule has 1 N–H and O–H groups in total. The molecule has 5 rings (SSSR count). The van der Waals surface area contributed by atoms with Crippen LogP contribution in [0.2, 0.25) is 5.02 Å². The molecule has 160 valence electrons. The minimum atomic E-state index is -0.445. The minimum absolute atomic E-state index is 0.123. The second-order valence-corrected chi connectivity index (χ2v) is 7.95. The molecule has 0 atom stereocenters. The Hall–Kier alpha value is -3.85. The van der Waals surface area contributed by atoms with E-state index in [0.29, 0.717) is 22.3 Å². The lowest BCUT2D eigenvalue weighted by atomic mass is 10.2. The van der Waals surface area contributed by atoms with Crippen LogP contribution < -0.4 is 10.9 Å². The summed E-state index contributed by atoms with van der Waals surface area (Å²) < 4.78 is 2.87. The quantitative estimate of drug-likeness (QED) is 0.486. The van der Waals surface area contributed by atoms with Crippen molar-refractivity contribution in [2.75, 3.05) is 5.32 Å². The van der Waals surface area contributed by atoms with Crippen LogP contribution >= 0.6 is 11.6 Å². The predicted octanol–water partition coefficient (Wildman–Crippen LogP) is 3.05. The van der Waals surface area contributed by atoms with Crippen molar-refractivity contribution in [3.63, 3.8) is 0 Å². The average molecular weight is 448 g/mol.